The van der Waals surface area contributed by atoms with Crippen LogP contribution in [0, 0.1) is 10.1 Å². The summed E-state index contributed by atoms with van der Waals surface area (Å²) in [7, 11) is 0. The zero-order chi connectivity index (χ0) is 18.0. The molecule has 1 atom stereocenters. The van der Waals surface area contributed by atoms with E-state index in [0.717, 1.165) is 22.7 Å². The number of anilines is 1. The van der Waals surface area contributed by atoms with Crippen molar-refractivity contribution in [3.63, 3.8) is 0 Å². The minimum Gasteiger partial charge on any atom is -0.284 e. The van der Waals surface area contributed by atoms with E-state index in [1.54, 1.807) is 17.0 Å². The van der Waals surface area contributed by atoms with E-state index in [0.29, 0.717) is 11.6 Å². The summed E-state index contributed by atoms with van der Waals surface area (Å²) in [4.78, 5) is 24.4. The molecule has 9 heteroatoms. The summed E-state index contributed by atoms with van der Waals surface area (Å²) in [5.74, 6) is 0.0712. The molecule has 2 aromatic rings. The highest BCUT2D eigenvalue weighted by Gasteiger charge is 2.35. The van der Waals surface area contributed by atoms with Crippen LogP contribution in [0.1, 0.15) is 43.9 Å². The lowest BCUT2D eigenvalue weighted by Crippen LogP contribution is -2.32. The van der Waals surface area contributed by atoms with Gasteiger partial charge in [0.25, 0.3) is 5.69 Å². The second-order valence-electron chi connectivity index (χ2n) is 5.81. The van der Waals surface area contributed by atoms with Gasteiger partial charge < -0.3 is 0 Å². The first-order valence-electron chi connectivity index (χ1n) is 8.06. The fraction of sp³-hybridized carbons (Fsp3) is 0.438. The predicted octanol–water partition coefficient (Wildman–Crippen LogP) is 4.21. The van der Waals surface area contributed by atoms with Crippen molar-refractivity contribution in [2.75, 3.05) is 4.90 Å². The normalized spacial score (nSPS) is 15.0. The average Bonchev–Trinajstić information content (AvgIpc) is 3.34. The Hall–Kier alpha value is -2.00. The molecule has 0 aliphatic heterocycles. The van der Waals surface area contributed by atoms with Crippen LogP contribution in [-0.2, 0) is 4.79 Å². The number of nitrogens with zero attached hydrogens (tertiary/aromatic N) is 4. The number of thioether (sulfide) groups is 1. The van der Waals surface area contributed by atoms with E-state index in [4.69, 9.17) is 0 Å². The number of benzene rings is 1. The Morgan fingerprint density at radius 2 is 2.24 bits per heavy atom. The molecule has 0 radical (unpaired) electrons. The summed E-state index contributed by atoms with van der Waals surface area (Å²) in [5.41, 5.74) is 0.941. The van der Waals surface area contributed by atoms with Crippen LogP contribution >= 0.6 is 23.1 Å². The predicted molar refractivity (Wildman–Crippen MR) is 98.1 cm³/mol. The quantitative estimate of drug-likeness (QED) is 0.310. The molecule has 1 saturated carbocycles. The van der Waals surface area contributed by atoms with Gasteiger partial charge in [-0.15, -0.1) is 10.2 Å². The van der Waals surface area contributed by atoms with Crippen LogP contribution < -0.4 is 4.90 Å². The van der Waals surface area contributed by atoms with Gasteiger partial charge in [-0.05, 0) is 25.3 Å². The summed E-state index contributed by atoms with van der Waals surface area (Å²) in [5, 5.41) is 19.9. The lowest BCUT2D eigenvalue weighted by atomic mass is 10.1. The maximum absolute atomic E-state index is 12.1. The number of carbonyl (C=O) groups excluding carboxylic acids is 1. The second-order valence-corrected chi connectivity index (χ2v) is 8.36. The average molecular weight is 378 g/mol. The van der Waals surface area contributed by atoms with Gasteiger partial charge >= 0.3 is 0 Å². The lowest BCUT2D eigenvalue weighted by Gasteiger charge is -2.17. The van der Waals surface area contributed by atoms with Gasteiger partial charge in [-0.1, -0.05) is 42.2 Å². The summed E-state index contributed by atoms with van der Waals surface area (Å²) in [6.07, 6.45) is 2.47. The number of hydrogen-bond acceptors (Lipinski definition) is 7. The number of aromatic nitrogens is 2. The topological polar surface area (TPSA) is 89.2 Å². The van der Waals surface area contributed by atoms with Gasteiger partial charge in [-0.25, -0.2) is 0 Å². The summed E-state index contributed by atoms with van der Waals surface area (Å²) >= 11 is 2.89. The van der Waals surface area contributed by atoms with Crippen molar-refractivity contribution >= 4 is 39.8 Å². The van der Waals surface area contributed by atoms with Gasteiger partial charge in [0.05, 0.1) is 4.92 Å². The molecule has 0 spiro atoms. The third-order valence-corrected chi connectivity index (χ3v) is 6.08. The summed E-state index contributed by atoms with van der Waals surface area (Å²) in [6, 6.07) is 6.87. The third kappa shape index (κ3) is 4.16. The first kappa shape index (κ1) is 17.8. The van der Waals surface area contributed by atoms with E-state index in [1.165, 1.54) is 29.2 Å². The van der Waals surface area contributed by atoms with Crippen LogP contribution in [0.3, 0.4) is 0 Å². The molecule has 1 unspecified atom stereocenters. The standard InChI is InChI=1S/C16H18N4O3S2/c1-3-14(21)19(12-7-8-12)15-17-18-16(25-15)24-10(2)11-5-4-6-13(9-11)20(22)23/h4-6,9-10,12H,3,7-8H2,1-2H3. The van der Waals surface area contributed by atoms with Crippen molar-refractivity contribution in [2.45, 2.75) is 48.7 Å². The third-order valence-electron chi connectivity index (χ3n) is 3.91. The van der Waals surface area contributed by atoms with E-state index in [9.17, 15) is 14.9 Å². The van der Waals surface area contributed by atoms with Crippen LogP contribution in [0.2, 0.25) is 0 Å². The zero-order valence-electron chi connectivity index (χ0n) is 13.9. The van der Waals surface area contributed by atoms with Crippen LogP contribution in [-0.4, -0.2) is 27.1 Å². The van der Waals surface area contributed by atoms with Gasteiger partial charge in [0.15, 0.2) is 4.34 Å². The number of amides is 1. The fourth-order valence-corrected chi connectivity index (χ4v) is 4.62. The Kier molecular flexibility index (Phi) is 5.33. The highest BCUT2D eigenvalue weighted by atomic mass is 32.2. The van der Waals surface area contributed by atoms with Crippen molar-refractivity contribution in [3.05, 3.63) is 39.9 Å². The molecule has 132 valence electrons. The minimum atomic E-state index is -0.395. The zero-order valence-corrected chi connectivity index (χ0v) is 15.5. The minimum absolute atomic E-state index is 0.00282. The molecule has 1 heterocycles. The van der Waals surface area contributed by atoms with E-state index in [2.05, 4.69) is 10.2 Å². The van der Waals surface area contributed by atoms with Crippen molar-refractivity contribution in [2.24, 2.45) is 0 Å². The maximum Gasteiger partial charge on any atom is 0.269 e. The molecule has 0 N–H and O–H groups in total. The van der Waals surface area contributed by atoms with Crippen LogP contribution in [0.25, 0.3) is 0 Å². The van der Waals surface area contributed by atoms with E-state index >= 15 is 0 Å². The van der Waals surface area contributed by atoms with Gasteiger partial charge in [0.1, 0.15) is 0 Å². The van der Waals surface area contributed by atoms with E-state index < -0.39 is 4.92 Å². The van der Waals surface area contributed by atoms with Crippen molar-refractivity contribution in [1.29, 1.82) is 0 Å². The Bertz CT molecular complexity index is 791. The molecule has 1 amide bonds. The number of rotatable bonds is 7. The van der Waals surface area contributed by atoms with Crippen LogP contribution in [0.15, 0.2) is 28.6 Å². The molecule has 7 nitrogen and oxygen atoms in total. The van der Waals surface area contributed by atoms with Gasteiger partial charge in [0.2, 0.25) is 11.0 Å². The molecule has 1 fully saturated rings. The number of nitro benzene ring substituents is 1. The van der Waals surface area contributed by atoms with E-state index in [1.807, 2.05) is 19.9 Å². The lowest BCUT2D eigenvalue weighted by molar-refractivity contribution is -0.384. The Morgan fingerprint density at radius 3 is 2.88 bits per heavy atom. The molecule has 1 aliphatic carbocycles. The SMILES string of the molecule is CCC(=O)N(c1nnc(SC(C)c2cccc([N+](=O)[O-])c2)s1)C1CC1. The first-order valence-corrected chi connectivity index (χ1v) is 9.75. The van der Waals surface area contributed by atoms with Crippen molar-refractivity contribution < 1.29 is 9.72 Å². The Labute approximate surface area is 153 Å². The maximum atomic E-state index is 12.1. The smallest absolute Gasteiger partial charge is 0.269 e. The summed E-state index contributed by atoms with van der Waals surface area (Å²) in [6.45, 7) is 3.82. The Morgan fingerprint density at radius 1 is 1.48 bits per heavy atom. The molecule has 1 aromatic heterocycles. The second kappa shape index (κ2) is 7.49. The monoisotopic (exact) mass is 378 g/mol. The molecular weight excluding hydrogens is 360 g/mol. The number of hydrogen-bond donors (Lipinski definition) is 0. The van der Waals surface area contributed by atoms with Crippen LogP contribution in [0.5, 0.6) is 0 Å². The van der Waals surface area contributed by atoms with Crippen molar-refractivity contribution in [1.82, 2.24) is 10.2 Å². The molecule has 3 rings (SSSR count). The molecule has 0 saturated heterocycles. The van der Waals surface area contributed by atoms with Crippen LogP contribution in [0.4, 0.5) is 10.8 Å². The van der Waals surface area contributed by atoms with E-state index in [-0.39, 0.29) is 22.9 Å². The Balaban J connectivity index is 1.73. The van der Waals surface area contributed by atoms with Crippen molar-refractivity contribution in [3.8, 4) is 0 Å². The largest absolute Gasteiger partial charge is 0.284 e. The molecule has 25 heavy (non-hydrogen) atoms. The number of carbonyl (C=O) groups is 1. The molecule has 1 aromatic carbocycles. The molecule has 0 bridgehead atoms. The number of nitro groups is 1. The highest BCUT2D eigenvalue weighted by molar-refractivity contribution is 8.01. The first-order chi connectivity index (χ1) is 12.0. The van der Waals surface area contributed by atoms with Gasteiger partial charge in [-0.2, -0.15) is 0 Å². The van der Waals surface area contributed by atoms with Gasteiger partial charge in [0, 0.05) is 29.8 Å². The number of non-ortho nitro benzene ring substituents is 1. The van der Waals surface area contributed by atoms with Gasteiger partial charge in [-0.3, -0.25) is 19.8 Å². The fourth-order valence-electron chi connectivity index (χ4n) is 2.43. The highest BCUT2D eigenvalue weighted by Crippen LogP contribution is 2.41. The summed E-state index contributed by atoms with van der Waals surface area (Å²) < 4.78 is 0.753. The molecular formula is C16H18N4O3S2. The molecule has 1 aliphatic rings.